The van der Waals surface area contributed by atoms with Crippen LogP contribution >= 0.6 is 0 Å². The molecule has 0 aliphatic heterocycles. The zero-order valence-corrected chi connectivity index (χ0v) is 31.5. The third-order valence-corrected chi connectivity index (χ3v) is 11.7. The fourth-order valence-corrected chi connectivity index (χ4v) is 9.14. The summed E-state index contributed by atoms with van der Waals surface area (Å²) in [6.45, 7) is 0. The third kappa shape index (κ3) is 4.88. The Morgan fingerprint density at radius 3 is 1.26 bits per heavy atom. The maximum Gasteiger partial charge on any atom is 0.145 e. The Bertz CT molecular complexity index is 3470. The molecule has 0 unspecified atom stereocenters. The molecule has 0 aliphatic carbocycles. The van der Waals surface area contributed by atoms with Crippen molar-refractivity contribution in [1.29, 1.82) is 0 Å². The molecular formula is C54H35N3O. The van der Waals surface area contributed by atoms with Crippen LogP contribution in [0.5, 0.6) is 0 Å². The fourth-order valence-electron chi connectivity index (χ4n) is 9.14. The van der Waals surface area contributed by atoms with Crippen LogP contribution in [0.4, 0.5) is 17.1 Å². The number of hydrogen-bond donors (Lipinski definition) is 0. The molecule has 0 fully saturated rings. The minimum Gasteiger partial charge on any atom is -0.455 e. The van der Waals surface area contributed by atoms with E-state index in [1.54, 1.807) is 0 Å². The number of fused-ring (bicyclic) bond motifs is 11. The molecule has 0 saturated heterocycles. The van der Waals surface area contributed by atoms with E-state index < -0.39 is 0 Å². The summed E-state index contributed by atoms with van der Waals surface area (Å²) in [7, 11) is 0. The molecule has 12 aromatic rings. The lowest BCUT2D eigenvalue weighted by atomic mass is 10.0. The quantitative estimate of drug-likeness (QED) is 0.170. The second kappa shape index (κ2) is 12.9. The molecule has 0 saturated carbocycles. The summed E-state index contributed by atoms with van der Waals surface area (Å²) in [6, 6.07) is 75.8. The van der Waals surface area contributed by atoms with Crippen molar-refractivity contribution in [2.24, 2.45) is 0 Å². The Kier molecular flexibility index (Phi) is 7.20. The van der Waals surface area contributed by atoms with Gasteiger partial charge >= 0.3 is 0 Å². The van der Waals surface area contributed by atoms with Gasteiger partial charge in [0.05, 0.1) is 32.8 Å². The van der Waals surface area contributed by atoms with E-state index in [4.69, 9.17) is 4.42 Å². The van der Waals surface area contributed by atoms with Crippen LogP contribution < -0.4 is 4.90 Å². The Hall–Kier alpha value is -7.82. The molecule has 0 aliphatic rings. The monoisotopic (exact) mass is 741 g/mol. The minimum atomic E-state index is 0.914. The molecule has 272 valence electrons. The lowest BCUT2D eigenvalue weighted by Crippen LogP contribution is -2.10. The van der Waals surface area contributed by atoms with Crippen LogP contribution in [0.3, 0.4) is 0 Å². The Morgan fingerprint density at radius 2 is 0.707 bits per heavy atom. The summed E-state index contributed by atoms with van der Waals surface area (Å²) in [5.74, 6) is 0. The van der Waals surface area contributed by atoms with Gasteiger partial charge in [-0.25, -0.2) is 0 Å². The lowest BCUT2D eigenvalue weighted by Gasteiger charge is -2.26. The van der Waals surface area contributed by atoms with Gasteiger partial charge in [-0.3, -0.25) is 0 Å². The summed E-state index contributed by atoms with van der Waals surface area (Å²) in [4.78, 5) is 2.32. The first-order valence-electron chi connectivity index (χ1n) is 19.8. The summed E-state index contributed by atoms with van der Waals surface area (Å²) in [5.41, 5.74) is 14.3. The van der Waals surface area contributed by atoms with Crippen molar-refractivity contribution in [3.8, 4) is 22.5 Å². The molecule has 0 atom stereocenters. The maximum atomic E-state index is 7.15. The first kappa shape index (κ1) is 32.4. The maximum absolute atomic E-state index is 7.15. The van der Waals surface area contributed by atoms with E-state index in [2.05, 4.69) is 226 Å². The van der Waals surface area contributed by atoms with E-state index in [0.29, 0.717) is 0 Å². The molecule has 0 bridgehead atoms. The molecule has 4 heteroatoms. The predicted molar refractivity (Wildman–Crippen MR) is 243 cm³/mol. The highest BCUT2D eigenvalue weighted by molar-refractivity contribution is 6.29. The Labute approximate surface area is 334 Å². The first-order valence-corrected chi connectivity index (χ1v) is 19.8. The SMILES string of the molecule is c1ccc(-c2ccc(N(c3ccccc3)c3ccc(-n4c5ccccc5c5c6oc7c(ccc8c7c7ccccc7n8-c7ccccc7)c6ccc54)cc3)cc2)cc1. The van der Waals surface area contributed by atoms with E-state index >= 15 is 0 Å². The fraction of sp³-hybridized carbons (Fsp3) is 0. The Morgan fingerprint density at radius 1 is 0.293 bits per heavy atom. The second-order valence-corrected chi connectivity index (χ2v) is 14.9. The van der Waals surface area contributed by atoms with Gasteiger partial charge in [-0.15, -0.1) is 0 Å². The number of nitrogens with zero attached hydrogens (tertiary/aromatic N) is 3. The first-order chi connectivity index (χ1) is 28.8. The number of para-hydroxylation sites is 4. The standard InChI is InChI=1S/C54H35N3O/c1-4-14-36(15-5-1)37-24-26-40(27-25-37)55(38-16-6-2-7-17-38)41-28-30-42(31-29-41)57-48-23-13-11-21-46(48)52-50(57)35-33-44-43-32-34-49-51(53(43)58-54(44)52)45-20-10-12-22-47(45)56(49)39-18-8-3-9-19-39/h1-35H. The summed E-state index contributed by atoms with van der Waals surface area (Å²) in [6.07, 6.45) is 0. The van der Waals surface area contributed by atoms with Crippen molar-refractivity contribution in [1.82, 2.24) is 9.13 Å². The zero-order valence-electron chi connectivity index (χ0n) is 31.5. The van der Waals surface area contributed by atoms with Crippen LogP contribution in [0, 0.1) is 0 Å². The zero-order chi connectivity index (χ0) is 38.2. The average Bonchev–Trinajstić information content (AvgIpc) is 3.96. The molecule has 0 radical (unpaired) electrons. The van der Waals surface area contributed by atoms with Crippen LogP contribution in [-0.4, -0.2) is 9.13 Å². The number of benzene rings is 9. The van der Waals surface area contributed by atoms with Crippen molar-refractivity contribution < 1.29 is 4.42 Å². The summed E-state index contributed by atoms with van der Waals surface area (Å²) in [5, 5.41) is 6.85. The summed E-state index contributed by atoms with van der Waals surface area (Å²) >= 11 is 0. The van der Waals surface area contributed by atoms with E-state index in [-0.39, 0.29) is 0 Å². The number of rotatable bonds is 6. The van der Waals surface area contributed by atoms with Crippen LogP contribution in [0.25, 0.3) is 88.1 Å². The molecule has 12 rings (SSSR count). The highest BCUT2D eigenvalue weighted by Crippen LogP contribution is 2.45. The number of furan rings is 1. The Balaban J connectivity index is 1.02. The molecule has 0 N–H and O–H groups in total. The lowest BCUT2D eigenvalue weighted by molar-refractivity contribution is 0.677. The summed E-state index contributed by atoms with van der Waals surface area (Å²) < 4.78 is 11.9. The number of hydrogen-bond acceptors (Lipinski definition) is 2. The largest absolute Gasteiger partial charge is 0.455 e. The van der Waals surface area contributed by atoms with Gasteiger partial charge in [0.2, 0.25) is 0 Å². The molecule has 58 heavy (non-hydrogen) atoms. The van der Waals surface area contributed by atoms with E-state index in [1.807, 2.05) is 0 Å². The van der Waals surface area contributed by atoms with Crippen molar-refractivity contribution in [3.05, 3.63) is 212 Å². The number of anilines is 3. The second-order valence-electron chi connectivity index (χ2n) is 14.9. The van der Waals surface area contributed by atoms with Gasteiger partial charge in [-0.1, -0.05) is 115 Å². The van der Waals surface area contributed by atoms with Crippen LogP contribution in [-0.2, 0) is 0 Å². The van der Waals surface area contributed by atoms with Gasteiger partial charge in [0, 0.05) is 50.0 Å². The van der Waals surface area contributed by atoms with Gasteiger partial charge in [0.25, 0.3) is 0 Å². The van der Waals surface area contributed by atoms with Crippen LogP contribution in [0.2, 0.25) is 0 Å². The van der Waals surface area contributed by atoms with Crippen LogP contribution in [0.1, 0.15) is 0 Å². The molecule has 0 amide bonds. The van der Waals surface area contributed by atoms with Gasteiger partial charge in [-0.2, -0.15) is 0 Å². The van der Waals surface area contributed by atoms with Crippen LogP contribution in [0.15, 0.2) is 217 Å². The van der Waals surface area contributed by atoms with E-state index in [1.165, 1.54) is 21.9 Å². The molecule has 4 nitrogen and oxygen atoms in total. The average molecular weight is 742 g/mol. The van der Waals surface area contributed by atoms with Gasteiger partial charge < -0.3 is 18.5 Å². The van der Waals surface area contributed by atoms with Crippen molar-refractivity contribution in [2.45, 2.75) is 0 Å². The van der Waals surface area contributed by atoms with Gasteiger partial charge in [0.1, 0.15) is 11.2 Å². The smallest absolute Gasteiger partial charge is 0.145 e. The molecule has 3 aromatic heterocycles. The van der Waals surface area contributed by atoms with Crippen molar-refractivity contribution >= 4 is 82.6 Å². The van der Waals surface area contributed by atoms with Crippen molar-refractivity contribution in [2.75, 3.05) is 4.90 Å². The third-order valence-electron chi connectivity index (χ3n) is 11.7. The highest BCUT2D eigenvalue weighted by atomic mass is 16.3. The van der Waals surface area contributed by atoms with E-state index in [9.17, 15) is 0 Å². The predicted octanol–water partition coefficient (Wildman–Crippen LogP) is 14.9. The molecular weight excluding hydrogens is 707 g/mol. The van der Waals surface area contributed by atoms with E-state index in [0.717, 1.165) is 83.2 Å². The van der Waals surface area contributed by atoms with Crippen molar-refractivity contribution in [3.63, 3.8) is 0 Å². The topological polar surface area (TPSA) is 26.2 Å². The van der Waals surface area contributed by atoms with Gasteiger partial charge in [0.15, 0.2) is 0 Å². The normalized spacial score (nSPS) is 11.8. The van der Waals surface area contributed by atoms with Gasteiger partial charge in [-0.05, 0) is 108 Å². The number of aromatic nitrogens is 2. The minimum absolute atomic E-state index is 0.914. The molecule has 3 heterocycles. The molecule has 9 aromatic carbocycles. The molecule has 0 spiro atoms. The highest BCUT2D eigenvalue weighted by Gasteiger charge is 2.22.